The van der Waals surface area contributed by atoms with Gasteiger partial charge in [0.2, 0.25) is 0 Å². The third kappa shape index (κ3) is 1.56. The van der Waals surface area contributed by atoms with E-state index in [0.717, 1.165) is 22.2 Å². The first-order chi connectivity index (χ1) is 8.13. The monoisotopic (exact) mass is 228 g/mol. The van der Waals surface area contributed by atoms with E-state index < -0.39 is 0 Å². The van der Waals surface area contributed by atoms with Crippen LogP contribution in [-0.4, -0.2) is 14.8 Å². The highest BCUT2D eigenvalue weighted by Crippen LogP contribution is 2.28. The molecule has 0 unspecified atom stereocenters. The van der Waals surface area contributed by atoms with Gasteiger partial charge in [-0.2, -0.15) is 5.10 Å². The molecular weight excluding hydrogens is 216 g/mol. The molecule has 0 bridgehead atoms. The topological polar surface area (TPSA) is 69.9 Å². The Bertz CT molecular complexity index is 696. The summed E-state index contributed by atoms with van der Waals surface area (Å²) in [4.78, 5) is 4.26. The van der Waals surface area contributed by atoms with Crippen molar-refractivity contribution in [2.24, 2.45) is 7.05 Å². The van der Waals surface area contributed by atoms with E-state index in [1.165, 1.54) is 0 Å². The molecule has 1 aromatic carbocycles. The third-order valence-corrected chi connectivity index (χ3v) is 2.66. The van der Waals surface area contributed by atoms with Gasteiger partial charge in [0.15, 0.2) is 17.3 Å². The Labute approximate surface area is 97.9 Å². The molecule has 0 fully saturated rings. The average molecular weight is 228 g/mol. The van der Waals surface area contributed by atoms with Crippen LogP contribution in [0, 0.1) is 6.92 Å². The van der Waals surface area contributed by atoms with Gasteiger partial charge < -0.3 is 10.2 Å². The summed E-state index contributed by atoms with van der Waals surface area (Å²) in [7, 11) is 1.84. The van der Waals surface area contributed by atoms with Gasteiger partial charge in [0.1, 0.15) is 5.52 Å². The fraction of sp³-hybridized carbons (Fsp3) is 0.167. The minimum absolute atomic E-state index is 0.517. The minimum atomic E-state index is 0.517. The summed E-state index contributed by atoms with van der Waals surface area (Å²) in [6, 6.07) is 5.83. The van der Waals surface area contributed by atoms with Crippen LogP contribution in [0.4, 0.5) is 5.82 Å². The number of aryl methyl sites for hydroxylation is 2. The number of nitrogen functional groups attached to an aromatic ring is 1. The Morgan fingerprint density at radius 2 is 2.18 bits per heavy atom. The Hall–Kier alpha value is -2.30. The van der Waals surface area contributed by atoms with Gasteiger partial charge in [-0.3, -0.25) is 4.68 Å². The second-order valence-corrected chi connectivity index (χ2v) is 4.02. The maximum Gasteiger partial charge on any atom is 0.192 e. The van der Waals surface area contributed by atoms with Crippen molar-refractivity contribution in [3.05, 3.63) is 30.3 Å². The van der Waals surface area contributed by atoms with Crippen LogP contribution < -0.4 is 5.73 Å². The van der Waals surface area contributed by atoms with Crippen molar-refractivity contribution in [1.29, 1.82) is 0 Å². The molecule has 2 heterocycles. The lowest BCUT2D eigenvalue weighted by atomic mass is 10.1. The minimum Gasteiger partial charge on any atom is -0.441 e. The number of hydrogen-bond donors (Lipinski definition) is 1. The first-order valence-electron chi connectivity index (χ1n) is 5.30. The van der Waals surface area contributed by atoms with Gasteiger partial charge in [0.25, 0.3) is 0 Å². The highest BCUT2D eigenvalue weighted by molar-refractivity contribution is 5.83. The van der Waals surface area contributed by atoms with Crippen LogP contribution in [0.5, 0.6) is 0 Å². The van der Waals surface area contributed by atoms with Gasteiger partial charge in [0, 0.05) is 25.7 Å². The molecule has 0 aliphatic rings. The number of anilines is 1. The zero-order chi connectivity index (χ0) is 12.0. The predicted octanol–water partition coefficient (Wildman–Crippen LogP) is 2.12. The Kier molecular flexibility index (Phi) is 1.95. The first kappa shape index (κ1) is 9.89. The molecule has 2 aromatic heterocycles. The van der Waals surface area contributed by atoms with Crippen molar-refractivity contribution >= 4 is 16.9 Å². The van der Waals surface area contributed by atoms with Gasteiger partial charge in [-0.25, -0.2) is 4.98 Å². The number of fused-ring (bicyclic) bond motifs is 1. The molecule has 3 aromatic rings. The Morgan fingerprint density at radius 3 is 2.88 bits per heavy atom. The zero-order valence-electron chi connectivity index (χ0n) is 9.64. The third-order valence-electron chi connectivity index (χ3n) is 2.66. The van der Waals surface area contributed by atoms with Gasteiger partial charge in [-0.05, 0) is 17.7 Å². The van der Waals surface area contributed by atoms with Crippen molar-refractivity contribution in [2.45, 2.75) is 6.92 Å². The van der Waals surface area contributed by atoms with Crippen molar-refractivity contribution in [3.63, 3.8) is 0 Å². The Balaban J connectivity index is 2.20. The number of oxazole rings is 1. The normalized spacial score (nSPS) is 11.2. The highest BCUT2D eigenvalue weighted by Gasteiger charge is 2.09. The lowest BCUT2D eigenvalue weighted by Crippen LogP contribution is -1.90. The van der Waals surface area contributed by atoms with Crippen LogP contribution in [0.25, 0.3) is 22.2 Å². The van der Waals surface area contributed by atoms with E-state index in [4.69, 9.17) is 10.2 Å². The standard InChI is InChI=1S/C12H12N4O/c1-7-14-10-4-3-8(5-11(10)17-7)9-6-16(2)15-12(9)13/h3-6H,1-2H3,(H2,13,15). The lowest BCUT2D eigenvalue weighted by molar-refractivity contribution is 0.561. The molecule has 0 saturated heterocycles. The highest BCUT2D eigenvalue weighted by atomic mass is 16.3. The van der Waals surface area contributed by atoms with E-state index in [1.54, 1.807) is 4.68 Å². The molecule has 0 saturated carbocycles. The van der Waals surface area contributed by atoms with Crippen LogP contribution in [0.3, 0.4) is 0 Å². The molecule has 0 spiro atoms. The first-order valence-corrected chi connectivity index (χ1v) is 5.30. The molecule has 5 heteroatoms. The molecule has 3 rings (SSSR count). The molecule has 86 valence electrons. The largest absolute Gasteiger partial charge is 0.441 e. The van der Waals surface area contributed by atoms with E-state index in [9.17, 15) is 0 Å². The van der Waals surface area contributed by atoms with Crippen molar-refractivity contribution in [2.75, 3.05) is 5.73 Å². The van der Waals surface area contributed by atoms with Crippen molar-refractivity contribution in [3.8, 4) is 11.1 Å². The molecule has 17 heavy (non-hydrogen) atoms. The van der Waals surface area contributed by atoms with Crippen LogP contribution in [0.1, 0.15) is 5.89 Å². The summed E-state index contributed by atoms with van der Waals surface area (Å²) >= 11 is 0. The lowest BCUT2D eigenvalue weighted by Gasteiger charge is -1.97. The number of aromatic nitrogens is 3. The van der Waals surface area contributed by atoms with E-state index in [0.29, 0.717) is 11.7 Å². The smallest absolute Gasteiger partial charge is 0.192 e. The van der Waals surface area contributed by atoms with Crippen LogP contribution >= 0.6 is 0 Å². The molecule has 0 radical (unpaired) electrons. The number of nitrogens with zero attached hydrogens (tertiary/aromatic N) is 3. The van der Waals surface area contributed by atoms with E-state index in [1.807, 2.05) is 38.4 Å². The summed E-state index contributed by atoms with van der Waals surface area (Å²) in [5.41, 5.74) is 9.36. The number of hydrogen-bond acceptors (Lipinski definition) is 4. The zero-order valence-corrected chi connectivity index (χ0v) is 9.64. The van der Waals surface area contributed by atoms with Crippen LogP contribution in [0.15, 0.2) is 28.8 Å². The maximum absolute atomic E-state index is 5.84. The molecule has 2 N–H and O–H groups in total. The van der Waals surface area contributed by atoms with Crippen molar-refractivity contribution < 1.29 is 4.42 Å². The van der Waals surface area contributed by atoms with E-state index in [-0.39, 0.29) is 0 Å². The number of nitrogens with two attached hydrogens (primary N) is 1. The number of benzene rings is 1. The summed E-state index contributed by atoms with van der Waals surface area (Å²) in [6.07, 6.45) is 1.89. The van der Waals surface area contributed by atoms with E-state index >= 15 is 0 Å². The van der Waals surface area contributed by atoms with Gasteiger partial charge >= 0.3 is 0 Å². The summed E-state index contributed by atoms with van der Waals surface area (Å²) in [5.74, 6) is 1.18. The molecule has 0 aliphatic heterocycles. The van der Waals surface area contributed by atoms with Crippen LogP contribution in [-0.2, 0) is 7.05 Å². The maximum atomic E-state index is 5.84. The number of rotatable bonds is 1. The molecule has 5 nitrogen and oxygen atoms in total. The predicted molar refractivity (Wildman–Crippen MR) is 65.4 cm³/mol. The van der Waals surface area contributed by atoms with Gasteiger partial charge in [0.05, 0.1) is 0 Å². The summed E-state index contributed by atoms with van der Waals surface area (Å²) in [5, 5.41) is 4.12. The second-order valence-electron chi connectivity index (χ2n) is 4.02. The quantitative estimate of drug-likeness (QED) is 0.692. The fourth-order valence-electron chi connectivity index (χ4n) is 1.94. The summed E-state index contributed by atoms with van der Waals surface area (Å²) in [6.45, 7) is 1.83. The molecular formula is C12H12N4O. The molecule has 0 aliphatic carbocycles. The van der Waals surface area contributed by atoms with Gasteiger partial charge in [-0.15, -0.1) is 0 Å². The van der Waals surface area contributed by atoms with Crippen molar-refractivity contribution in [1.82, 2.24) is 14.8 Å². The SMILES string of the molecule is Cc1nc2ccc(-c3cn(C)nc3N)cc2o1. The second kappa shape index (κ2) is 3.35. The van der Waals surface area contributed by atoms with E-state index in [2.05, 4.69) is 10.1 Å². The average Bonchev–Trinajstić information content (AvgIpc) is 2.78. The summed E-state index contributed by atoms with van der Waals surface area (Å²) < 4.78 is 7.19. The van der Waals surface area contributed by atoms with Gasteiger partial charge in [-0.1, -0.05) is 6.07 Å². The fourth-order valence-corrected chi connectivity index (χ4v) is 1.94. The van der Waals surface area contributed by atoms with Crippen LogP contribution in [0.2, 0.25) is 0 Å². The molecule has 0 atom stereocenters. The molecule has 0 amide bonds. The Morgan fingerprint density at radius 1 is 1.35 bits per heavy atom.